The third-order valence-corrected chi connectivity index (χ3v) is 4.38. The van der Waals surface area contributed by atoms with Gasteiger partial charge in [0, 0.05) is 13.1 Å². The molecule has 0 heterocycles. The molecule has 1 N–H and O–H groups in total. The number of hydrogen-bond donors (Lipinski definition) is 1. The van der Waals surface area contributed by atoms with E-state index in [4.69, 9.17) is 0 Å². The lowest BCUT2D eigenvalue weighted by atomic mass is 9.81. The zero-order valence-electron chi connectivity index (χ0n) is 11.0. The van der Waals surface area contributed by atoms with Crippen molar-refractivity contribution in [2.24, 2.45) is 11.3 Å². The highest BCUT2D eigenvalue weighted by Crippen LogP contribution is 2.25. The van der Waals surface area contributed by atoms with Crippen LogP contribution in [-0.2, 0) is 6.54 Å². The lowest BCUT2D eigenvalue weighted by molar-refractivity contribution is 0.238. The van der Waals surface area contributed by atoms with Crippen LogP contribution in [0.4, 0.5) is 4.39 Å². The molecular formula is C14H21BrFN. The molecule has 1 aromatic carbocycles. The van der Waals surface area contributed by atoms with Gasteiger partial charge in [0.15, 0.2) is 0 Å². The van der Waals surface area contributed by atoms with E-state index in [1.165, 1.54) is 6.07 Å². The molecule has 0 atom stereocenters. The standard InChI is InChI=1S/C14H21BrFN/c1-10(2)14(3,4)9-17-8-11-6-5-7-12(16)13(11)15/h5-7,10,17H,8-9H2,1-4H3. The normalized spacial score (nSPS) is 12.2. The van der Waals surface area contributed by atoms with E-state index in [0.29, 0.717) is 16.9 Å². The predicted molar refractivity (Wildman–Crippen MR) is 74.4 cm³/mol. The minimum atomic E-state index is -0.201. The van der Waals surface area contributed by atoms with E-state index < -0.39 is 0 Å². The van der Waals surface area contributed by atoms with Crippen molar-refractivity contribution in [3.05, 3.63) is 34.1 Å². The Morgan fingerprint density at radius 3 is 2.59 bits per heavy atom. The van der Waals surface area contributed by atoms with Crippen LogP contribution >= 0.6 is 15.9 Å². The first-order chi connectivity index (χ1) is 7.84. The number of benzene rings is 1. The number of nitrogens with one attached hydrogen (secondary N) is 1. The lowest BCUT2D eigenvalue weighted by Gasteiger charge is -2.29. The van der Waals surface area contributed by atoms with Crippen LogP contribution in [0.5, 0.6) is 0 Å². The van der Waals surface area contributed by atoms with E-state index in [0.717, 1.165) is 12.1 Å². The number of halogens is 2. The van der Waals surface area contributed by atoms with Crippen LogP contribution in [0.2, 0.25) is 0 Å². The Labute approximate surface area is 112 Å². The third kappa shape index (κ3) is 4.07. The van der Waals surface area contributed by atoms with E-state index in [9.17, 15) is 4.39 Å². The van der Waals surface area contributed by atoms with E-state index >= 15 is 0 Å². The zero-order valence-corrected chi connectivity index (χ0v) is 12.6. The molecule has 0 spiro atoms. The molecule has 0 bridgehead atoms. The molecule has 0 aliphatic carbocycles. The van der Waals surface area contributed by atoms with Gasteiger partial charge in [-0.2, -0.15) is 0 Å². The molecule has 0 radical (unpaired) electrons. The maximum absolute atomic E-state index is 13.3. The van der Waals surface area contributed by atoms with Gasteiger partial charge < -0.3 is 5.32 Å². The average Bonchev–Trinajstić information content (AvgIpc) is 2.24. The summed E-state index contributed by atoms with van der Waals surface area (Å²) in [5, 5.41) is 3.39. The Kier molecular flexibility index (Phi) is 5.14. The van der Waals surface area contributed by atoms with E-state index in [2.05, 4.69) is 48.9 Å². The molecule has 0 saturated heterocycles. The molecule has 1 rings (SSSR count). The highest BCUT2D eigenvalue weighted by molar-refractivity contribution is 9.10. The van der Waals surface area contributed by atoms with Gasteiger partial charge in [-0.1, -0.05) is 39.8 Å². The maximum atomic E-state index is 13.3. The molecule has 17 heavy (non-hydrogen) atoms. The Morgan fingerprint density at radius 1 is 1.35 bits per heavy atom. The van der Waals surface area contributed by atoms with Crippen molar-refractivity contribution < 1.29 is 4.39 Å². The molecule has 0 aliphatic heterocycles. The molecule has 0 aliphatic rings. The quantitative estimate of drug-likeness (QED) is 0.852. The van der Waals surface area contributed by atoms with Crippen LogP contribution in [0.3, 0.4) is 0 Å². The van der Waals surface area contributed by atoms with E-state index in [1.54, 1.807) is 6.07 Å². The van der Waals surface area contributed by atoms with Crippen molar-refractivity contribution in [2.45, 2.75) is 34.2 Å². The van der Waals surface area contributed by atoms with Gasteiger partial charge in [-0.25, -0.2) is 4.39 Å². The zero-order chi connectivity index (χ0) is 13.1. The summed E-state index contributed by atoms with van der Waals surface area (Å²) >= 11 is 3.27. The van der Waals surface area contributed by atoms with Gasteiger partial charge in [-0.05, 0) is 38.9 Å². The molecule has 0 fully saturated rings. The second-order valence-corrected chi connectivity index (χ2v) is 6.25. The van der Waals surface area contributed by atoms with Gasteiger partial charge in [0.05, 0.1) is 4.47 Å². The summed E-state index contributed by atoms with van der Waals surface area (Å²) < 4.78 is 13.9. The fourth-order valence-electron chi connectivity index (χ4n) is 1.41. The van der Waals surface area contributed by atoms with Crippen LogP contribution in [0.15, 0.2) is 22.7 Å². The van der Waals surface area contributed by atoms with E-state index in [-0.39, 0.29) is 11.2 Å². The Bertz CT molecular complexity index is 374. The Balaban J connectivity index is 2.55. The minimum absolute atomic E-state index is 0.201. The van der Waals surface area contributed by atoms with Gasteiger partial charge >= 0.3 is 0 Å². The summed E-state index contributed by atoms with van der Waals surface area (Å²) in [5.41, 5.74) is 1.21. The summed E-state index contributed by atoms with van der Waals surface area (Å²) in [4.78, 5) is 0. The topological polar surface area (TPSA) is 12.0 Å². The molecule has 0 aromatic heterocycles. The van der Waals surface area contributed by atoms with Crippen LogP contribution in [-0.4, -0.2) is 6.54 Å². The summed E-state index contributed by atoms with van der Waals surface area (Å²) in [6.07, 6.45) is 0. The van der Waals surface area contributed by atoms with Crippen LogP contribution < -0.4 is 5.32 Å². The second-order valence-electron chi connectivity index (χ2n) is 5.46. The lowest BCUT2D eigenvalue weighted by Crippen LogP contribution is -2.33. The van der Waals surface area contributed by atoms with Gasteiger partial charge in [0.2, 0.25) is 0 Å². The Morgan fingerprint density at radius 2 is 2.00 bits per heavy atom. The number of hydrogen-bond acceptors (Lipinski definition) is 1. The Hall–Kier alpha value is -0.410. The molecule has 3 heteroatoms. The molecule has 1 nitrogen and oxygen atoms in total. The van der Waals surface area contributed by atoms with Crippen LogP contribution in [0.1, 0.15) is 33.3 Å². The monoisotopic (exact) mass is 301 g/mol. The summed E-state index contributed by atoms with van der Waals surface area (Å²) in [7, 11) is 0. The summed E-state index contributed by atoms with van der Waals surface area (Å²) in [5.74, 6) is 0.415. The van der Waals surface area contributed by atoms with Crippen molar-refractivity contribution in [1.29, 1.82) is 0 Å². The predicted octanol–water partition coefficient (Wildman–Crippen LogP) is 4.36. The smallest absolute Gasteiger partial charge is 0.137 e. The van der Waals surface area contributed by atoms with Gasteiger partial charge in [0.1, 0.15) is 5.82 Å². The summed E-state index contributed by atoms with van der Waals surface area (Å²) in [6, 6.07) is 5.14. The first-order valence-corrected chi connectivity index (χ1v) is 6.77. The summed E-state index contributed by atoms with van der Waals surface area (Å²) in [6.45, 7) is 10.5. The van der Waals surface area contributed by atoms with Crippen LogP contribution in [0, 0.1) is 17.2 Å². The fraction of sp³-hybridized carbons (Fsp3) is 0.571. The van der Waals surface area contributed by atoms with Crippen molar-refractivity contribution in [2.75, 3.05) is 6.54 Å². The second kappa shape index (κ2) is 5.96. The van der Waals surface area contributed by atoms with Crippen molar-refractivity contribution >= 4 is 15.9 Å². The first-order valence-electron chi connectivity index (χ1n) is 5.98. The minimum Gasteiger partial charge on any atom is -0.312 e. The van der Waals surface area contributed by atoms with E-state index in [1.807, 2.05) is 6.07 Å². The van der Waals surface area contributed by atoms with Gasteiger partial charge in [0.25, 0.3) is 0 Å². The van der Waals surface area contributed by atoms with Crippen molar-refractivity contribution in [3.63, 3.8) is 0 Å². The molecule has 1 aromatic rings. The molecule has 0 saturated carbocycles. The maximum Gasteiger partial charge on any atom is 0.137 e. The highest BCUT2D eigenvalue weighted by atomic mass is 79.9. The molecular weight excluding hydrogens is 281 g/mol. The fourth-order valence-corrected chi connectivity index (χ4v) is 1.81. The molecule has 96 valence electrons. The average molecular weight is 302 g/mol. The van der Waals surface area contributed by atoms with Gasteiger partial charge in [-0.15, -0.1) is 0 Å². The van der Waals surface area contributed by atoms with Crippen molar-refractivity contribution in [1.82, 2.24) is 5.32 Å². The molecule has 0 unspecified atom stereocenters. The first kappa shape index (κ1) is 14.7. The molecule has 0 amide bonds. The highest BCUT2D eigenvalue weighted by Gasteiger charge is 2.21. The largest absolute Gasteiger partial charge is 0.312 e. The van der Waals surface area contributed by atoms with Crippen molar-refractivity contribution in [3.8, 4) is 0 Å². The SMILES string of the molecule is CC(C)C(C)(C)CNCc1cccc(F)c1Br. The van der Waals surface area contributed by atoms with Gasteiger partial charge in [-0.3, -0.25) is 0 Å². The third-order valence-electron chi connectivity index (χ3n) is 3.49. The van der Waals surface area contributed by atoms with Crippen LogP contribution in [0.25, 0.3) is 0 Å². The number of rotatable bonds is 5.